The van der Waals surface area contributed by atoms with Crippen LogP contribution in [-0.4, -0.2) is 22.9 Å². The summed E-state index contributed by atoms with van der Waals surface area (Å²) in [4.78, 5) is 8.18. The summed E-state index contributed by atoms with van der Waals surface area (Å²) in [5.74, 6) is 6.68. The minimum Gasteiger partial charge on any atom is -0.463 e. The van der Waals surface area contributed by atoms with Gasteiger partial charge in [0.25, 0.3) is 0 Å². The van der Waals surface area contributed by atoms with Gasteiger partial charge in [-0.25, -0.2) is 10.8 Å². The zero-order chi connectivity index (χ0) is 20.5. The Morgan fingerprint density at radius 2 is 2.00 bits per heavy atom. The van der Waals surface area contributed by atoms with Crippen LogP contribution in [0.25, 0.3) is 11.5 Å². The van der Waals surface area contributed by atoms with Gasteiger partial charge in [0.15, 0.2) is 11.6 Å². The third-order valence-electron chi connectivity index (χ3n) is 3.86. The molecule has 0 saturated carbocycles. The minimum atomic E-state index is -4.40. The molecule has 8 N–H and O–H groups in total. The zero-order valence-electron chi connectivity index (χ0n) is 14.8. The summed E-state index contributed by atoms with van der Waals surface area (Å²) in [5, 5.41) is 1.25. The number of rotatable bonds is 6. The highest BCUT2D eigenvalue weighted by atomic mass is 32.2. The third kappa shape index (κ3) is 4.31. The smallest absolute Gasteiger partial charge is 0.357 e. The van der Waals surface area contributed by atoms with E-state index < -0.39 is 10.3 Å². The number of nitrogen functional groups attached to an aromatic ring is 2. The van der Waals surface area contributed by atoms with Crippen molar-refractivity contribution >= 4 is 33.4 Å². The molecule has 0 bridgehead atoms. The molecule has 0 aliphatic heterocycles. The predicted octanol–water partition coefficient (Wildman–Crippen LogP) is 1.30. The van der Waals surface area contributed by atoms with E-state index in [0.717, 1.165) is 0 Å². The summed E-state index contributed by atoms with van der Waals surface area (Å²) in [6.45, 7) is 1.81. The first-order chi connectivity index (χ1) is 13.1. The highest BCUT2D eigenvalue weighted by Gasteiger charge is 2.18. The molecule has 0 spiro atoms. The Hall–Kier alpha value is -3.35. The van der Waals surface area contributed by atoms with Gasteiger partial charge in [-0.3, -0.25) is 14.3 Å². The number of nitrogens with one attached hydrogen (secondary N) is 1. The van der Waals surface area contributed by atoms with E-state index in [1.807, 2.05) is 4.72 Å². The Morgan fingerprint density at radius 1 is 1.25 bits per heavy atom. The van der Waals surface area contributed by atoms with E-state index in [4.69, 9.17) is 26.3 Å². The van der Waals surface area contributed by atoms with Gasteiger partial charge in [0.2, 0.25) is 5.95 Å². The first kappa shape index (κ1) is 19.4. The molecule has 0 saturated heterocycles. The second-order valence-electron chi connectivity index (χ2n) is 6.00. The van der Waals surface area contributed by atoms with E-state index in [2.05, 4.69) is 9.97 Å². The maximum absolute atomic E-state index is 11.1. The molecule has 3 aromatic rings. The van der Waals surface area contributed by atoms with E-state index in [1.54, 1.807) is 31.2 Å². The standard InChI is InChI=1S/C16H19N7O4S/c1-9-4-5-10(7-11(9)22-28(24,25)26)8-23(19)15-13(17)14(20-16(18)21-15)12-3-2-6-27-12/h2-7,22H,8,17,19H2,1H3,(H2,18,20,21)(H,24,25,26). The van der Waals surface area contributed by atoms with Crippen LogP contribution < -0.4 is 27.0 Å². The number of hydrogen-bond donors (Lipinski definition) is 5. The summed E-state index contributed by atoms with van der Waals surface area (Å²) >= 11 is 0. The Morgan fingerprint density at radius 3 is 2.64 bits per heavy atom. The number of nitrogens with zero attached hydrogens (tertiary/aromatic N) is 3. The molecule has 0 aliphatic rings. The lowest BCUT2D eigenvalue weighted by Crippen LogP contribution is -2.32. The largest absolute Gasteiger partial charge is 0.463 e. The topological polar surface area (TPSA) is 187 Å². The lowest BCUT2D eigenvalue weighted by molar-refractivity contribution is 0.489. The summed E-state index contributed by atoms with van der Waals surface area (Å²) in [6, 6.07) is 8.33. The molecule has 0 amide bonds. The second-order valence-corrected chi connectivity index (χ2v) is 7.15. The van der Waals surface area contributed by atoms with Crippen molar-refractivity contribution in [3.05, 3.63) is 47.7 Å². The Kier molecular flexibility index (Phi) is 5.09. The van der Waals surface area contributed by atoms with Crippen molar-refractivity contribution in [3.8, 4) is 11.5 Å². The summed E-state index contributed by atoms with van der Waals surface area (Å²) < 4.78 is 38.5. The van der Waals surface area contributed by atoms with Crippen molar-refractivity contribution < 1.29 is 17.4 Å². The first-order valence-corrected chi connectivity index (χ1v) is 9.42. The molecule has 0 unspecified atom stereocenters. The molecule has 1 aromatic carbocycles. The van der Waals surface area contributed by atoms with E-state index >= 15 is 0 Å². The van der Waals surface area contributed by atoms with Crippen molar-refractivity contribution in [3.63, 3.8) is 0 Å². The van der Waals surface area contributed by atoms with Crippen LogP contribution in [0.15, 0.2) is 41.0 Å². The van der Waals surface area contributed by atoms with Crippen molar-refractivity contribution in [1.29, 1.82) is 0 Å². The normalized spacial score (nSPS) is 11.4. The van der Waals surface area contributed by atoms with Gasteiger partial charge >= 0.3 is 10.3 Å². The Bertz CT molecular complexity index is 1100. The van der Waals surface area contributed by atoms with Crippen LogP contribution >= 0.6 is 0 Å². The number of aromatic nitrogens is 2. The maximum Gasteiger partial charge on any atom is 0.357 e. The van der Waals surface area contributed by atoms with Crippen molar-refractivity contribution in [2.75, 3.05) is 21.2 Å². The highest BCUT2D eigenvalue weighted by molar-refractivity contribution is 7.87. The van der Waals surface area contributed by atoms with Crippen molar-refractivity contribution in [2.24, 2.45) is 5.84 Å². The van der Waals surface area contributed by atoms with Gasteiger partial charge in [0.05, 0.1) is 18.5 Å². The van der Waals surface area contributed by atoms with Crippen LogP contribution in [0, 0.1) is 6.92 Å². The Labute approximate surface area is 161 Å². The fourth-order valence-corrected chi connectivity index (χ4v) is 3.08. The van der Waals surface area contributed by atoms with Gasteiger partial charge in [0.1, 0.15) is 11.4 Å². The summed E-state index contributed by atoms with van der Waals surface area (Å²) in [7, 11) is -4.40. The highest BCUT2D eigenvalue weighted by Crippen LogP contribution is 2.32. The van der Waals surface area contributed by atoms with Gasteiger partial charge in [-0.2, -0.15) is 13.4 Å². The first-order valence-electron chi connectivity index (χ1n) is 7.98. The molecule has 12 heteroatoms. The quantitative estimate of drug-likeness (QED) is 0.227. The molecular formula is C16H19N7O4S. The Balaban J connectivity index is 1.92. The fourth-order valence-electron chi connectivity index (χ4n) is 2.58. The van der Waals surface area contributed by atoms with Crippen LogP contribution in [0.2, 0.25) is 0 Å². The molecule has 28 heavy (non-hydrogen) atoms. The van der Waals surface area contributed by atoms with Crippen LogP contribution in [0.1, 0.15) is 11.1 Å². The molecule has 0 atom stereocenters. The van der Waals surface area contributed by atoms with E-state index in [-0.39, 0.29) is 29.7 Å². The minimum absolute atomic E-state index is 0.0383. The van der Waals surface area contributed by atoms with Gasteiger partial charge < -0.3 is 15.9 Å². The zero-order valence-corrected chi connectivity index (χ0v) is 15.6. The van der Waals surface area contributed by atoms with Crippen molar-refractivity contribution in [1.82, 2.24) is 9.97 Å². The average molecular weight is 405 g/mol. The fraction of sp³-hybridized carbons (Fsp3) is 0.125. The third-order valence-corrected chi connectivity index (χ3v) is 4.34. The van der Waals surface area contributed by atoms with Crippen LogP contribution in [0.4, 0.5) is 23.1 Å². The number of aryl methyl sites for hydroxylation is 1. The molecule has 2 heterocycles. The van der Waals surface area contributed by atoms with Gasteiger partial charge in [-0.1, -0.05) is 12.1 Å². The number of nitrogens with two attached hydrogens (primary N) is 3. The molecule has 11 nitrogen and oxygen atoms in total. The average Bonchev–Trinajstić information content (AvgIpc) is 3.12. The molecule has 0 radical (unpaired) electrons. The van der Waals surface area contributed by atoms with Crippen LogP contribution in [-0.2, 0) is 16.8 Å². The number of hydrazine groups is 1. The molecule has 0 fully saturated rings. The number of anilines is 4. The van der Waals surface area contributed by atoms with Gasteiger partial charge in [-0.15, -0.1) is 0 Å². The number of hydrogen-bond acceptors (Lipinski definition) is 9. The SMILES string of the molecule is Cc1ccc(CN(N)c2nc(N)nc(-c3ccco3)c2N)cc1NS(=O)(=O)O. The second kappa shape index (κ2) is 7.34. The summed E-state index contributed by atoms with van der Waals surface area (Å²) in [5.41, 5.74) is 13.9. The lowest BCUT2D eigenvalue weighted by atomic mass is 10.1. The number of furan rings is 1. The lowest BCUT2D eigenvalue weighted by Gasteiger charge is -2.21. The molecule has 3 rings (SSSR count). The molecular weight excluding hydrogens is 386 g/mol. The van der Waals surface area contributed by atoms with Crippen LogP contribution in [0.3, 0.4) is 0 Å². The summed E-state index contributed by atoms with van der Waals surface area (Å²) in [6.07, 6.45) is 1.48. The predicted molar refractivity (Wildman–Crippen MR) is 105 cm³/mol. The maximum atomic E-state index is 11.1. The van der Waals surface area contributed by atoms with Gasteiger partial charge in [-0.05, 0) is 36.2 Å². The van der Waals surface area contributed by atoms with E-state index in [9.17, 15) is 8.42 Å². The molecule has 0 aliphatic carbocycles. The van der Waals surface area contributed by atoms with E-state index in [0.29, 0.717) is 22.6 Å². The van der Waals surface area contributed by atoms with Crippen molar-refractivity contribution in [2.45, 2.75) is 13.5 Å². The van der Waals surface area contributed by atoms with E-state index in [1.165, 1.54) is 17.3 Å². The monoisotopic (exact) mass is 405 g/mol. The van der Waals surface area contributed by atoms with Crippen LogP contribution in [0.5, 0.6) is 0 Å². The number of benzene rings is 1. The molecule has 2 aromatic heterocycles. The van der Waals surface area contributed by atoms with Gasteiger partial charge in [0, 0.05) is 0 Å². The molecule has 148 valence electrons.